The molecular formula is C13H27N3. The molecule has 2 rings (SSSR count). The van der Waals surface area contributed by atoms with Gasteiger partial charge in [-0.2, -0.15) is 0 Å². The number of hydrogen-bond donors (Lipinski definition) is 1. The molecule has 0 bridgehead atoms. The molecule has 3 heteroatoms. The summed E-state index contributed by atoms with van der Waals surface area (Å²) in [6.07, 6.45) is 5.48. The van der Waals surface area contributed by atoms with Gasteiger partial charge in [0.2, 0.25) is 0 Å². The molecule has 1 N–H and O–H groups in total. The average molecular weight is 225 g/mol. The molecule has 0 aromatic carbocycles. The third kappa shape index (κ3) is 2.96. The van der Waals surface area contributed by atoms with Crippen molar-refractivity contribution in [3.8, 4) is 0 Å². The van der Waals surface area contributed by atoms with Crippen LogP contribution >= 0.6 is 0 Å². The zero-order valence-corrected chi connectivity index (χ0v) is 11.1. The number of hydrogen-bond acceptors (Lipinski definition) is 3. The summed E-state index contributed by atoms with van der Waals surface area (Å²) < 4.78 is 0. The summed E-state index contributed by atoms with van der Waals surface area (Å²) in [5, 5.41) is 3.55. The monoisotopic (exact) mass is 225 g/mol. The Morgan fingerprint density at radius 2 is 2.12 bits per heavy atom. The van der Waals surface area contributed by atoms with Crippen LogP contribution in [0.3, 0.4) is 0 Å². The Bertz CT molecular complexity index is 217. The zero-order chi connectivity index (χ0) is 11.5. The predicted molar refractivity (Wildman–Crippen MR) is 68.8 cm³/mol. The average Bonchev–Trinajstić information content (AvgIpc) is 2.65. The number of likely N-dealkylation sites (tertiary alicyclic amines) is 1. The molecule has 0 radical (unpaired) electrons. The van der Waals surface area contributed by atoms with Crippen molar-refractivity contribution in [1.29, 1.82) is 0 Å². The van der Waals surface area contributed by atoms with Gasteiger partial charge in [-0.25, -0.2) is 0 Å². The molecule has 94 valence electrons. The van der Waals surface area contributed by atoms with E-state index in [1.807, 2.05) is 0 Å². The molecule has 16 heavy (non-hydrogen) atoms. The quantitative estimate of drug-likeness (QED) is 0.777. The Kier molecular flexibility index (Phi) is 4.22. The van der Waals surface area contributed by atoms with E-state index in [2.05, 4.69) is 36.1 Å². The molecule has 0 amide bonds. The first-order valence-electron chi connectivity index (χ1n) is 6.80. The molecule has 0 aliphatic carbocycles. The Labute approximate surface area is 100 Å². The number of nitrogens with one attached hydrogen (secondary N) is 1. The first-order chi connectivity index (χ1) is 7.66. The Hall–Kier alpha value is -0.120. The molecule has 2 aliphatic rings. The largest absolute Gasteiger partial charge is 0.314 e. The molecule has 0 spiro atoms. The van der Waals surface area contributed by atoms with Gasteiger partial charge in [-0.1, -0.05) is 0 Å². The number of nitrogens with zero attached hydrogens (tertiary/aromatic N) is 2. The van der Waals surface area contributed by atoms with Crippen molar-refractivity contribution in [2.45, 2.75) is 50.7 Å². The second-order valence-corrected chi connectivity index (χ2v) is 5.83. The summed E-state index contributed by atoms with van der Waals surface area (Å²) >= 11 is 0. The second kappa shape index (κ2) is 5.48. The lowest BCUT2D eigenvalue weighted by molar-refractivity contribution is 0.117. The lowest BCUT2D eigenvalue weighted by Crippen LogP contribution is -2.50. The van der Waals surface area contributed by atoms with Crippen molar-refractivity contribution in [2.75, 3.05) is 33.7 Å². The summed E-state index contributed by atoms with van der Waals surface area (Å²) in [4.78, 5) is 5.13. The molecule has 2 fully saturated rings. The van der Waals surface area contributed by atoms with Crippen LogP contribution < -0.4 is 5.32 Å². The summed E-state index contributed by atoms with van der Waals surface area (Å²) in [6.45, 7) is 6.09. The van der Waals surface area contributed by atoms with Gasteiger partial charge >= 0.3 is 0 Å². The van der Waals surface area contributed by atoms with Crippen LogP contribution in [0.1, 0.15) is 32.6 Å². The molecule has 2 aliphatic heterocycles. The van der Waals surface area contributed by atoms with Crippen molar-refractivity contribution in [3.63, 3.8) is 0 Å². The lowest BCUT2D eigenvalue weighted by atomic mass is 9.98. The Morgan fingerprint density at radius 3 is 2.81 bits per heavy atom. The molecule has 2 heterocycles. The van der Waals surface area contributed by atoms with E-state index in [1.54, 1.807) is 0 Å². The first kappa shape index (κ1) is 12.3. The fourth-order valence-corrected chi connectivity index (χ4v) is 3.36. The van der Waals surface area contributed by atoms with Gasteiger partial charge in [0.25, 0.3) is 0 Å². The SMILES string of the molecule is CC1CC(N2CCCC2CN(C)C)CCN1. The van der Waals surface area contributed by atoms with E-state index in [-0.39, 0.29) is 0 Å². The van der Waals surface area contributed by atoms with Crippen LogP contribution in [0.2, 0.25) is 0 Å². The third-order valence-corrected chi connectivity index (χ3v) is 4.06. The van der Waals surface area contributed by atoms with Crippen LogP contribution in [-0.4, -0.2) is 61.7 Å². The number of piperidine rings is 1. The summed E-state index contributed by atoms with van der Waals surface area (Å²) in [6, 6.07) is 2.35. The molecule has 3 atom stereocenters. The van der Waals surface area contributed by atoms with Crippen molar-refractivity contribution in [1.82, 2.24) is 15.1 Å². The van der Waals surface area contributed by atoms with E-state index < -0.39 is 0 Å². The zero-order valence-electron chi connectivity index (χ0n) is 11.1. The smallest absolute Gasteiger partial charge is 0.0226 e. The van der Waals surface area contributed by atoms with E-state index in [9.17, 15) is 0 Å². The van der Waals surface area contributed by atoms with Gasteiger partial charge in [0.05, 0.1) is 0 Å². The Morgan fingerprint density at radius 1 is 1.31 bits per heavy atom. The van der Waals surface area contributed by atoms with E-state index in [0.717, 1.165) is 12.1 Å². The van der Waals surface area contributed by atoms with Gasteiger partial charge in [0, 0.05) is 24.7 Å². The molecule has 3 unspecified atom stereocenters. The fraction of sp³-hybridized carbons (Fsp3) is 1.00. The highest BCUT2D eigenvalue weighted by Gasteiger charge is 2.32. The standard InChI is InChI=1S/C13H27N3/c1-11-9-12(6-7-14-11)16-8-4-5-13(16)10-15(2)3/h11-14H,4-10H2,1-3H3. The summed E-state index contributed by atoms with van der Waals surface area (Å²) in [5.41, 5.74) is 0. The Balaban J connectivity index is 1.91. The third-order valence-electron chi connectivity index (χ3n) is 4.06. The first-order valence-corrected chi connectivity index (χ1v) is 6.80. The molecule has 0 aromatic rings. The van der Waals surface area contributed by atoms with Crippen LogP contribution in [-0.2, 0) is 0 Å². The van der Waals surface area contributed by atoms with Crippen LogP contribution in [0.5, 0.6) is 0 Å². The van der Waals surface area contributed by atoms with E-state index in [0.29, 0.717) is 6.04 Å². The molecular weight excluding hydrogens is 198 g/mol. The van der Waals surface area contributed by atoms with Gasteiger partial charge in [-0.05, 0) is 59.8 Å². The second-order valence-electron chi connectivity index (χ2n) is 5.83. The highest BCUT2D eigenvalue weighted by Crippen LogP contribution is 2.25. The summed E-state index contributed by atoms with van der Waals surface area (Å²) in [5.74, 6) is 0. The summed E-state index contributed by atoms with van der Waals surface area (Å²) in [7, 11) is 4.39. The predicted octanol–water partition coefficient (Wildman–Crippen LogP) is 1.15. The normalized spacial score (nSPS) is 37.1. The minimum atomic E-state index is 0.708. The van der Waals surface area contributed by atoms with Crippen molar-refractivity contribution < 1.29 is 0 Å². The minimum absolute atomic E-state index is 0.708. The molecule has 0 saturated carbocycles. The van der Waals surface area contributed by atoms with Gasteiger partial charge in [0.1, 0.15) is 0 Å². The van der Waals surface area contributed by atoms with Crippen LogP contribution in [0.15, 0.2) is 0 Å². The van der Waals surface area contributed by atoms with E-state index in [1.165, 1.54) is 45.3 Å². The highest BCUT2D eigenvalue weighted by molar-refractivity contribution is 4.90. The highest BCUT2D eigenvalue weighted by atomic mass is 15.2. The van der Waals surface area contributed by atoms with Crippen LogP contribution in [0, 0.1) is 0 Å². The van der Waals surface area contributed by atoms with Gasteiger partial charge in [-0.15, -0.1) is 0 Å². The molecule has 0 aromatic heterocycles. The maximum atomic E-state index is 3.55. The van der Waals surface area contributed by atoms with Crippen LogP contribution in [0.25, 0.3) is 0 Å². The van der Waals surface area contributed by atoms with Gasteiger partial charge in [0.15, 0.2) is 0 Å². The maximum absolute atomic E-state index is 3.55. The van der Waals surface area contributed by atoms with Crippen molar-refractivity contribution in [2.24, 2.45) is 0 Å². The van der Waals surface area contributed by atoms with E-state index >= 15 is 0 Å². The maximum Gasteiger partial charge on any atom is 0.0226 e. The van der Waals surface area contributed by atoms with Gasteiger partial charge in [-0.3, -0.25) is 4.90 Å². The topological polar surface area (TPSA) is 18.5 Å². The van der Waals surface area contributed by atoms with E-state index in [4.69, 9.17) is 0 Å². The fourth-order valence-electron chi connectivity index (χ4n) is 3.36. The molecule has 2 saturated heterocycles. The van der Waals surface area contributed by atoms with Crippen molar-refractivity contribution in [3.05, 3.63) is 0 Å². The molecule has 3 nitrogen and oxygen atoms in total. The number of rotatable bonds is 3. The van der Waals surface area contributed by atoms with Gasteiger partial charge < -0.3 is 10.2 Å². The van der Waals surface area contributed by atoms with Crippen LogP contribution in [0.4, 0.5) is 0 Å². The van der Waals surface area contributed by atoms with Crippen molar-refractivity contribution >= 4 is 0 Å². The minimum Gasteiger partial charge on any atom is -0.314 e. The number of likely N-dealkylation sites (N-methyl/N-ethyl adjacent to an activating group) is 1. The lowest BCUT2D eigenvalue weighted by Gasteiger charge is -2.39.